The van der Waals surface area contributed by atoms with Crippen molar-refractivity contribution in [3.05, 3.63) is 23.2 Å². The highest BCUT2D eigenvalue weighted by atomic mass is 32.1. The van der Waals surface area contributed by atoms with Gasteiger partial charge < -0.3 is 10.1 Å². The highest BCUT2D eigenvalue weighted by molar-refractivity contribution is 7.18. The van der Waals surface area contributed by atoms with Crippen LogP contribution >= 0.6 is 11.3 Å². The third-order valence-corrected chi connectivity index (χ3v) is 3.32. The van der Waals surface area contributed by atoms with E-state index in [4.69, 9.17) is 4.74 Å². The van der Waals surface area contributed by atoms with Crippen LogP contribution < -0.4 is 10.1 Å². The molecule has 1 N–H and O–H groups in total. The van der Waals surface area contributed by atoms with Crippen LogP contribution in [0.4, 0.5) is 0 Å². The molecule has 1 heterocycles. The molecule has 1 aromatic heterocycles. The summed E-state index contributed by atoms with van der Waals surface area (Å²) in [5, 5.41) is 4.49. The summed E-state index contributed by atoms with van der Waals surface area (Å²) < 4.78 is 6.37. The van der Waals surface area contributed by atoms with Gasteiger partial charge in [-0.15, -0.1) is 11.3 Å². The standard InChI is InChI=1S/C12H16N2OS/c1-8(2)13-7-12-14-10-5-4-9(15-3)6-11(10)16-12/h4-6,8,13H,7H2,1-3H3. The van der Waals surface area contributed by atoms with E-state index in [9.17, 15) is 0 Å². The summed E-state index contributed by atoms with van der Waals surface area (Å²) >= 11 is 1.72. The third-order valence-electron chi connectivity index (χ3n) is 2.30. The van der Waals surface area contributed by atoms with E-state index in [1.165, 1.54) is 4.70 Å². The zero-order valence-electron chi connectivity index (χ0n) is 9.78. The Kier molecular flexibility index (Phi) is 3.41. The van der Waals surface area contributed by atoms with E-state index in [-0.39, 0.29) is 0 Å². The Balaban J connectivity index is 2.22. The number of benzene rings is 1. The summed E-state index contributed by atoms with van der Waals surface area (Å²) in [6.45, 7) is 5.10. The summed E-state index contributed by atoms with van der Waals surface area (Å²) in [5.41, 5.74) is 1.05. The second kappa shape index (κ2) is 4.80. The SMILES string of the molecule is COc1ccc2nc(CNC(C)C)sc2c1. The molecule has 2 aromatic rings. The van der Waals surface area contributed by atoms with Gasteiger partial charge in [-0.1, -0.05) is 13.8 Å². The van der Waals surface area contributed by atoms with Crippen LogP contribution in [-0.4, -0.2) is 18.1 Å². The normalized spacial score (nSPS) is 11.2. The molecule has 2 rings (SSSR count). The summed E-state index contributed by atoms with van der Waals surface area (Å²) in [4.78, 5) is 4.56. The molecular weight excluding hydrogens is 220 g/mol. The molecule has 0 aliphatic rings. The molecule has 3 nitrogen and oxygen atoms in total. The number of aromatic nitrogens is 1. The molecule has 0 saturated carbocycles. The van der Waals surface area contributed by atoms with Gasteiger partial charge in [-0.2, -0.15) is 0 Å². The summed E-state index contributed by atoms with van der Waals surface area (Å²) in [5.74, 6) is 0.888. The molecule has 0 aliphatic heterocycles. The minimum Gasteiger partial charge on any atom is -0.497 e. The van der Waals surface area contributed by atoms with Crippen molar-refractivity contribution in [2.75, 3.05) is 7.11 Å². The van der Waals surface area contributed by atoms with Crippen LogP contribution in [0.15, 0.2) is 18.2 Å². The van der Waals surface area contributed by atoms with Gasteiger partial charge in [0.25, 0.3) is 0 Å². The predicted molar refractivity (Wildman–Crippen MR) is 68.1 cm³/mol. The molecule has 0 aliphatic carbocycles. The smallest absolute Gasteiger partial charge is 0.120 e. The van der Waals surface area contributed by atoms with E-state index >= 15 is 0 Å². The lowest BCUT2D eigenvalue weighted by molar-refractivity contribution is 0.415. The molecule has 4 heteroatoms. The molecule has 0 atom stereocenters. The van der Waals surface area contributed by atoms with E-state index in [0.29, 0.717) is 6.04 Å². The quantitative estimate of drug-likeness (QED) is 0.886. The fourth-order valence-electron chi connectivity index (χ4n) is 1.45. The van der Waals surface area contributed by atoms with E-state index in [2.05, 4.69) is 24.1 Å². The topological polar surface area (TPSA) is 34.1 Å². The van der Waals surface area contributed by atoms with Gasteiger partial charge in [0, 0.05) is 12.6 Å². The molecule has 1 aromatic carbocycles. The Morgan fingerprint density at radius 3 is 2.94 bits per heavy atom. The minimum atomic E-state index is 0.488. The zero-order valence-corrected chi connectivity index (χ0v) is 10.6. The third kappa shape index (κ3) is 2.51. The molecule has 0 amide bonds. The summed E-state index contributed by atoms with van der Waals surface area (Å²) in [6, 6.07) is 6.47. The van der Waals surface area contributed by atoms with E-state index < -0.39 is 0 Å². The number of thiazole rings is 1. The number of nitrogens with zero attached hydrogens (tertiary/aromatic N) is 1. The molecule has 16 heavy (non-hydrogen) atoms. The first-order chi connectivity index (χ1) is 7.69. The molecule has 0 saturated heterocycles. The number of ether oxygens (including phenoxy) is 1. The average molecular weight is 236 g/mol. The van der Waals surface area contributed by atoms with Gasteiger partial charge in [0.1, 0.15) is 10.8 Å². The van der Waals surface area contributed by atoms with Gasteiger partial charge in [-0.25, -0.2) is 4.98 Å². The maximum atomic E-state index is 5.19. The average Bonchev–Trinajstić information content (AvgIpc) is 2.67. The Bertz CT molecular complexity index is 479. The van der Waals surface area contributed by atoms with Crippen molar-refractivity contribution >= 4 is 21.6 Å². The van der Waals surface area contributed by atoms with Crippen molar-refractivity contribution in [2.24, 2.45) is 0 Å². The van der Waals surface area contributed by atoms with E-state index in [1.807, 2.05) is 18.2 Å². The maximum Gasteiger partial charge on any atom is 0.120 e. The van der Waals surface area contributed by atoms with Gasteiger partial charge in [0.15, 0.2) is 0 Å². The first-order valence-electron chi connectivity index (χ1n) is 5.36. The second-order valence-electron chi connectivity index (χ2n) is 3.98. The maximum absolute atomic E-state index is 5.19. The number of nitrogens with one attached hydrogen (secondary N) is 1. The van der Waals surface area contributed by atoms with Crippen LogP contribution in [0.1, 0.15) is 18.9 Å². The molecule has 0 bridgehead atoms. The fraction of sp³-hybridized carbons (Fsp3) is 0.417. The largest absolute Gasteiger partial charge is 0.497 e. The van der Waals surface area contributed by atoms with Crippen molar-refractivity contribution in [3.8, 4) is 5.75 Å². The Labute approximate surface area is 99.5 Å². The first-order valence-corrected chi connectivity index (χ1v) is 6.17. The van der Waals surface area contributed by atoms with Crippen LogP contribution in [0.3, 0.4) is 0 Å². The summed E-state index contributed by atoms with van der Waals surface area (Å²) in [6.07, 6.45) is 0. The van der Waals surface area contributed by atoms with E-state index in [1.54, 1.807) is 18.4 Å². The lowest BCUT2D eigenvalue weighted by Gasteiger charge is -2.04. The second-order valence-corrected chi connectivity index (χ2v) is 5.09. The first kappa shape index (κ1) is 11.4. The van der Waals surface area contributed by atoms with Crippen LogP contribution in [0.25, 0.3) is 10.2 Å². The molecule has 0 unspecified atom stereocenters. The zero-order chi connectivity index (χ0) is 11.5. The van der Waals surface area contributed by atoms with Crippen molar-refractivity contribution in [1.82, 2.24) is 10.3 Å². The number of fused-ring (bicyclic) bond motifs is 1. The number of methoxy groups -OCH3 is 1. The van der Waals surface area contributed by atoms with Crippen LogP contribution in [0, 0.1) is 0 Å². The molecular formula is C12H16N2OS. The van der Waals surface area contributed by atoms with Crippen LogP contribution in [0.2, 0.25) is 0 Å². The van der Waals surface area contributed by atoms with Gasteiger partial charge >= 0.3 is 0 Å². The molecule has 0 spiro atoms. The lowest BCUT2D eigenvalue weighted by Crippen LogP contribution is -2.21. The van der Waals surface area contributed by atoms with Crippen molar-refractivity contribution in [2.45, 2.75) is 26.4 Å². The van der Waals surface area contributed by atoms with Gasteiger partial charge in [-0.3, -0.25) is 0 Å². The highest BCUT2D eigenvalue weighted by Crippen LogP contribution is 2.26. The van der Waals surface area contributed by atoms with Gasteiger partial charge in [0.05, 0.1) is 17.3 Å². The number of hydrogen-bond donors (Lipinski definition) is 1. The lowest BCUT2D eigenvalue weighted by atomic mass is 10.3. The van der Waals surface area contributed by atoms with E-state index in [0.717, 1.165) is 22.8 Å². The number of rotatable bonds is 4. The van der Waals surface area contributed by atoms with Gasteiger partial charge in [-0.05, 0) is 18.2 Å². The Morgan fingerprint density at radius 2 is 2.25 bits per heavy atom. The number of hydrogen-bond acceptors (Lipinski definition) is 4. The summed E-state index contributed by atoms with van der Waals surface area (Å²) in [7, 11) is 1.68. The molecule has 0 fully saturated rings. The fourth-order valence-corrected chi connectivity index (χ4v) is 2.39. The van der Waals surface area contributed by atoms with Crippen LogP contribution in [0.5, 0.6) is 5.75 Å². The predicted octanol–water partition coefficient (Wildman–Crippen LogP) is 2.80. The van der Waals surface area contributed by atoms with Crippen LogP contribution in [-0.2, 0) is 6.54 Å². The highest BCUT2D eigenvalue weighted by Gasteiger charge is 2.05. The van der Waals surface area contributed by atoms with Crippen molar-refractivity contribution < 1.29 is 4.74 Å². The Morgan fingerprint density at radius 1 is 1.44 bits per heavy atom. The monoisotopic (exact) mass is 236 g/mol. The van der Waals surface area contributed by atoms with Crippen molar-refractivity contribution in [3.63, 3.8) is 0 Å². The van der Waals surface area contributed by atoms with Crippen molar-refractivity contribution in [1.29, 1.82) is 0 Å². The molecule has 0 radical (unpaired) electrons. The molecule has 86 valence electrons. The Hall–Kier alpha value is -1.13. The van der Waals surface area contributed by atoms with Gasteiger partial charge in [0.2, 0.25) is 0 Å². The minimum absolute atomic E-state index is 0.488.